The van der Waals surface area contributed by atoms with Gasteiger partial charge in [0.05, 0.1) is 0 Å². The van der Waals surface area contributed by atoms with Crippen LogP contribution in [0.4, 0.5) is 0 Å². The van der Waals surface area contributed by atoms with Crippen LogP contribution in [0, 0.1) is 0 Å². The maximum absolute atomic E-state index is 13.2. The van der Waals surface area contributed by atoms with Gasteiger partial charge in [0.2, 0.25) is 0 Å². The Kier molecular flexibility index (Phi) is 8.44. The van der Waals surface area contributed by atoms with Crippen molar-refractivity contribution in [1.29, 1.82) is 0 Å². The third-order valence-electron chi connectivity index (χ3n) is 4.35. The zero-order chi connectivity index (χ0) is 20.7. The Bertz CT molecular complexity index is 795. The quantitative estimate of drug-likeness (QED) is 0.453. The Hall–Kier alpha value is -1.46. The van der Waals surface area contributed by atoms with Crippen LogP contribution in [0.2, 0.25) is 15.1 Å². The number of methoxy groups -OCH3 is 1. The van der Waals surface area contributed by atoms with Crippen molar-refractivity contribution in [2.45, 2.75) is 44.9 Å². The molecule has 0 saturated heterocycles. The molecule has 0 radical (unpaired) electrons. The van der Waals surface area contributed by atoms with Crippen LogP contribution in [0.5, 0.6) is 5.75 Å². The molecule has 0 spiro atoms. The molecule has 4 nitrogen and oxygen atoms in total. The third kappa shape index (κ3) is 6.02. The van der Waals surface area contributed by atoms with Crippen molar-refractivity contribution in [2.24, 2.45) is 0 Å². The molecule has 152 valence electrons. The number of halogens is 3. The van der Waals surface area contributed by atoms with Crippen molar-refractivity contribution >= 4 is 40.7 Å². The predicted molar refractivity (Wildman–Crippen MR) is 114 cm³/mol. The van der Waals surface area contributed by atoms with Crippen LogP contribution < -0.4 is 10.1 Å². The fourth-order valence-electron chi connectivity index (χ4n) is 2.80. The normalized spacial score (nSPS) is 14.2. The van der Waals surface area contributed by atoms with Crippen LogP contribution in [0.1, 0.15) is 44.9 Å². The van der Waals surface area contributed by atoms with Gasteiger partial charge < -0.3 is 14.8 Å². The highest BCUT2D eigenvalue weighted by Gasteiger charge is 2.37. The molecule has 2 aromatic rings. The van der Waals surface area contributed by atoms with Gasteiger partial charge >= 0.3 is 0 Å². The lowest BCUT2D eigenvalue weighted by Crippen LogP contribution is -2.50. The first kappa shape index (κ1) is 22.8. The van der Waals surface area contributed by atoms with Gasteiger partial charge in [0.1, 0.15) is 5.75 Å². The van der Waals surface area contributed by atoms with Crippen LogP contribution in [-0.2, 0) is 9.53 Å². The Balaban J connectivity index is 2.27. The minimum atomic E-state index is -1.14. The summed E-state index contributed by atoms with van der Waals surface area (Å²) in [5, 5.41) is 4.27. The molecule has 0 bridgehead atoms. The van der Waals surface area contributed by atoms with E-state index in [1.807, 2.05) is 12.1 Å². The average Bonchev–Trinajstić information content (AvgIpc) is 2.64. The number of hydrogen-bond acceptors (Lipinski definition) is 3. The van der Waals surface area contributed by atoms with E-state index in [1.165, 1.54) is 7.11 Å². The van der Waals surface area contributed by atoms with Crippen molar-refractivity contribution in [2.75, 3.05) is 7.11 Å². The number of ether oxygens (including phenoxy) is 2. The first-order valence-electron chi connectivity index (χ1n) is 9.02. The second-order valence-electron chi connectivity index (χ2n) is 6.65. The summed E-state index contributed by atoms with van der Waals surface area (Å²) in [7, 11) is 1.51. The fourth-order valence-corrected chi connectivity index (χ4v) is 3.54. The van der Waals surface area contributed by atoms with Crippen LogP contribution in [0.15, 0.2) is 42.5 Å². The summed E-state index contributed by atoms with van der Waals surface area (Å²) in [6.07, 6.45) is 1.54. The minimum absolute atomic E-state index is 0.316. The monoisotopic (exact) mass is 443 g/mol. The summed E-state index contributed by atoms with van der Waals surface area (Å²) in [6.45, 7) is 3.79. The number of carbonyl (C=O) groups is 1. The van der Waals surface area contributed by atoms with Gasteiger partial charge in [-0.3, -0.25) is 4.79 Å². The molecule has 0 heterocycles. The van der Waals surface area contributed by atoms with Gasteiger partial charge in [0, 0.05) is 27.7 Å². The Morgan fingerprint density at radius 1 is 1.14 bits per heavy atom. The summed E-state index contributed by atoms with van der Waals surface area (Å²) >= 11 is 18.4. The van der Waals surface area contributed by atoms with E-state index in [9.17, 15) is 4.79 Å². The highest BCUT2D eigenvalue weighted by molar-refractivity contribution is 6.34. The van der Waals surface area contributed by atoms with Crippen molar-refractivity contribution in [3.8, 4) is 5.75 Å². The molecular weight excluding hydrogens is 421 g/mol. The van der Waals surface area contributed by atoms with E-state index < -0.39 is 11.8 Å². The summed E-state index contributed by atoms with van der Waals surface area (Å²) < 4.78 is 11.5. The molecule has 1 N–H and O–H groups in total. The summed E-state index contributed by atoms with van der Waals surface area (Å²) in [4.78, 5) is 13.2. The van der Waals surface area contributed by atoms with Crippen molar-refractivity contribution in [1.82, 2.24) is 5.32 Å². The van der Waals surface area contributed by atoms with Crippen LogP contribution in [0.3, 0.4) is 0 Å². The van der Waals surface area contributed by atoms with E-state index in [0.29, 0.717) is 32.8 Å². The molecule has 0 aliphatic carbocycles. The topological polar surface area (TPSA) is 47.6 Å². The number of nitrogens with one attached hydrogen (secondary N) is 1. The third-order valence-corrected chi connectivity index (χ3v) is 5.13. The lowest BCUT2D eigenvalue weighted by molar-refractivity contribution is -0.140. The second kappa shape index (κ2) is 10.4. The van der Waals surface area contributed by atoms with Gasteiger partial charge in [-0.1, -0.05) is 66.3 Å². The molecule has 1 amide bonds. The van der Waals surface area contributed by atoms with E-state index in [1.54, 1.807) is 37.3 Å². The van der Waals surface area contributed by atoms with Gasteiger partial charge in [-0.15, -0.1) is 0 Å². The van der Waals surface area contributed by atoms with Crippen molar-refractivity contribution in [3.63, 3.8) is 0 Å². The number of unbranched alkanes of at least 4 members (excludes halogenated alkanes) is 1. The number of amides is 1. The Morgan fingerprint density at radius 2 is 1.79 bits per heavy atom. The Morgan fingerprint density at radius 3 is 2.36 bits per heavy atom. The molecule has 0 aliphatic heterocycles. The number of carbonyl (C=O) groups excluding carboxylic acids is 1. The zero-order valence-electron chi connectivity index (χ0n) is 16.1. The second-order valence-corrected chi connectivity index (χ2v) is 7.93. The summed E-state index contributed by atoms with van der Waals surface area (Å²) in [5.74, 6) is 0.113. The molecule has 0 aliphatic rings. The lowest BCUT2D eigenvalue weighted by Gasteiger charge is -2.31. The number of rotatable bonds is 9. The molecule has 2 atom stereocenters. The molecule has 0 aromatic heterocycles. The molecular formula is C21H24Cl3NO3. The van der Waals surface area contributed by atoms with E-state index in [-0.39, 0.29) is 5.91 Å². The number of hydrogen-bond donors (Lipinski definition) is 1. The molecule has 0 fully saturated rings. The lowest BCUT2D eigenvalue weighted by atomic mass is 9.97. The molecule has 28 heavy (non-hydrogen) atoms. The summed E-state index contributed by atoms with van der Waals surface area (Å²) in [6, 6.07) is 12.1. The van der Waals surface area contributed by atoms with E-state index >= 15 is 0 Å². The Labute approximate surface area is 181 Å². The van der Waals surface area contributed by atoms with E-state index in [2.05, 4.69) is 12.2 Å². The van der Waals surface area contributed by atoms with Crippen molar-refractivity contribution in [3.05, 3.63) is 63.1 Å². The average molecular weight is 445 g/mol. The molecule has 2 unspecified atom stereocenters. The standard InChI is InChI=1S/C21H24Cl3NO3/c1-4-5-10-21(2,28-16-12-14(22)11-15(23)13-16)20(26)25-19(27-3)17-8-6-7-9-18(17)24/h6-9,11-13,19H,4-5,10H2,1-3H3,(H,25,26). The zero-order valence-corrected chi connectivity index (χ0v) is 18.4. The van der Waals surface area contributed by atoms with E-state index in [0.717, 1.165) is 12.8 Å². The SMILES string of the molecule is CCCCC(C)(Oc1cc(Cl)cc(Cl)c1)C(=O)NC(OC)c1ccccc1Cl. The largest absolute Gasteiger partial charge is 0.478 e. The van der Waals surface area contributed by atoms with Gasteiger partial charge in [0.15, 0.2) is 11.8 Å². The first-order chi connectivity index (χ1) is 13.3. The first-order valence-corrected chi connectivity index (χ1v) is 10.2. The van der Waals surface area contributed by atoms with Crippen LogP contribution in [0.25, 0.3) is 0 Å². The maximum atomic E-state index is 13.2. The van der Waals surface area contributed by atoms with Gasteiger partial charge in [-0.25, -0.2) is 0 Å². The summed E-state index contributed by atoms with van der Waals surface area (Å²) in [5.41, 5.74) is -0.467. The molecule has 2 aromatic carbocycles. The van der Waals surface area contributed by atoms with Gasteiger partial charge in [-0.05, 0) is 44.0 Å². The molecule has 0 saturated carbocycles. The smallest absolute Gasteiger partial charge is 0.266 e. The van der Waals surface area contributed by atoms with Crippen LogP contribution >= 0.6 is 34.8 Å². The maximum Gasteiger partial charge on any atom is 0.266 e. The van der Waals surface area contributed by atoms with Crippen LogP contribution in [-0.4, -0.2) is 18.6 Å². The predicted octanol–water partition coefficient (Wildman–Crippen LogP) is 6.44. The van der Waals surface area contributed by atoms with Crippen molar-refractivity contribution < 1.29 is 14.3 Å². The fraction of sp³-hybridized carbons (Fsp3) is 0.381. The molecule has 2 rings (SSSR count). The molecule has 7 heteroatoms. The highest BCUT2D eigenvalue weighted by atomic mass is 35.5. The van der Waals surface area contributed by atoms with Gasteiger partial charge in [-0.2, -0.15) is 0 Å². The van der Waals surface area contributed by atoms with Gasteiger partial charge in [0.25, 0.3) is 5.91 Å². The van der Waals surface area contributed by atoms with E-state index in [4.69, 9.17) is 44.3 Å². The highest BCUT2D eigenvalue weighted by Crippen LogP contribution is 2.30. The number of benzene rings is 2. The minimum Gasteiger partial charge on any atom is -0.478 e.